The molecule has 3 rings (SSSR count). The zero-order valence-corrected chi connectivity index (χ0v) is 12.7. The van der Waals surface area contributed by atoms with Crippen LogP contribution in [-0.4, -0.2) is 39.9 Å². The molecule has 20 heavy (non-hydrogen) atoms. The molecule has 1 aromatic rings. The monoisotopic (exact) mass is 296 g/mol. The molecule has 0 aromatic heterocycles. The topological polar surface area (TPSA) is 33.7 Å². The van der Waals surface area contributed by atoms with Crippen LogP contribution in [0, 0.1) is 5.92 Å². The van der Waals surface area contributed by atoms with Crippen molar-refractivity contribution in [2.24, 2.45) is 5.92 Å². The number of anilines is 1. The van der Waals surface area contributed by atoms with Crippen molar-refractivity contribution < 1.29 is 9.47 Å². The normalized spacial score (nSPS) is 22.8. The summed E-state index contributed by atoms with van der Waals surface area (Å²) in [4.78, 5) is 2.36. The number of methoxy groups -OCH3 is 2. The second-order valence-electron chi connectivity index (χ2n) is 5.50. The zero-order valence-electron chi connectivity index (χ0n) is 12.0. The molecule has 1 unspecified atom stereocenters. The molecule has 0 radical (unpaired) electrons. The Morgan fingerprint density at radius 1 is 1.20 bits per heavy atom. The van der Waals surface area contributed by atoms with Crippen LogP contribution < -0.4 is 19.7 Å². The summed E-state index contributed by atoms with van der Waals surface area (Å²) in [5.41, 5.74) is 1.06. The van der Waals surface area contributed by atoms with Gasteiger partial charge in [-0.15, -0.1) is 0 Å². The van der Waals surface area contributed by atoms with E-state index in [1.807, 2.05) is 12.1 Å². The molecular weight excluding hydrogens is 276 g/mol. The Labute approximate surface area is 125 Å². The zero-order chi connectivity index (χ0) is 14.1. The van der Waals surface area contributed by atoms with E-state index in [0.717, 1.165) is 37.0 Å². The van der Waals surface area contributed by atoms with Crippen LogP contribution in [0.1, 0.15) is 12.8 Å². The number of hydrogen-bond acceptors (Lipinski definition) is 4. The van der Waals surface area contributed by atoms with Gasteiger partial charge in [-0.1, -0.05) is 11.6 Å². The summed E-state index contributed by atoms with van der Waals surface area (Å²) in [6.07, 6.45) is 2.71. The summed E-state index contributed by atoms with van der Waals surface area (Å²) < 4.78 is 10.8. The van der Waals surface area contributed by atoms with Crippen LogP contribution in [0.3, 0.4) is 0 Å². The molecule has 2 aliphatic rings. The molecule has 1 atom stereocenters. The fraction of sp³-hybridized carbons (Fsp3) is 0.600. The molecule has 1 N–H and O–H groups in total. The second-order valence-corrected chi connectivity index (χ2v) is 5.91. The highest BCUT2D eigenvalue weighted by Gasteiger charge is 2.34. The Balaban J connectivity index is 1.86. The van der Waals surface area contributed by atoms with Crippen LogP contribution in [0.15, 0.2) is 12.1 Å². The van der Waals surface area contributed by atoms with Gasteiger partial charge in [0.1, 0.15) is 11.5 Å². The van der Waals surface area contributed by atoms with E-state index < -0.39 is 0 Å². The van der Waals surface area contributed by atoms with Crippen LogP contribution in [-0.2, 0) is 0 Å². The fourth-order valence-corrected chi connectivity index (χ4v) is 3.14. The first kappa shape index (κ1) is 13.8. The molecule has 1 aliphatic carbocycles. The van der Waals surface area contributed by atoms with Crippen molar-refractivity contribution in [1.29, 1.82) is 0 Å². The van der Waals surface area contributed by atoms with Gasteiger partial charge < -0.3 is 19.7 Å². The molecule has 1 aliphatic heterocycles. The van der Waals surface area contributed by atoms with Crippen molar-refractivity contribution in [2.45, 2.75) is 18.9 Å². The SMILES string of the molecule is COc1cc(OC)c(N2CCNC(C3CC3)C2)cc1Cl. The third-order valence-electron chi connectivity index (χ3n) is 4.19. The number of ether oxygens (including phenoxy) is 2. The smallest absolute Gasteiger partial charge is 0.145 e. The summed E-state index contributed by atoms with van der Waals surface area (Å²) in [6.45, 7) is 3.00. The average molecular weight is 297 g/mol. The molecule has 0 bridgehead atoms. The number of nitrogens with zero attached hydrogens (tertiary/aromatic N) is 1. The maximum atomic E-state index is 6.27. The van der Waals surface area contributed by atoms with Crippen molar-refractivity contribution in [2.75, 3.05) is 38.8 Å². The van der Waals surface area contributed by atoms with Crippen molar-refractivity contribution in [1.82, 2.24) is 5.32 Å². The molecule has 5 heteroatoms. The van der Waals surface area contributed by atoms with Gasteiger partial charge in [-0.3, -0.25) is 0 Å². The summed E-state index contributed by atoms with van der Waals surface area (Å²) in [7, 11) is 3.31. The van der Waals surface area contributed by atoms with Gasteiger partial charge in [0.15, 0.2) is 0 Å². The average Bonchev–Trinajstić information content (AvgIpc) is 3.32. The lowest BCUT2D eigenvalue weighted by Gasteiger charge is -2.36. The number of nitrogens with one attached hydrogen (secondary N) is 1. The van der Waals surface area contributed by atoms with Gasteiger partial charge in [0.25, 0.3) is 0 Å². The van der Waals surface area contributed by atoms with Crippen LogP contribution in [0.25, 0.3) is 0 Å². The van der Waals surface area contributed by atoms with Crippen molar-refractivity contribution >= 4 is 17.3 Å². The van der Waals surface area contributed by atoms with Crippen LogP contribution in [0.4, 0.5) is 5.69 Å². The minimum absolute atomic E-state index is 0.592. The minimum Gasteiger partial charge on any atom is -0.495 e. The van der Waals surface area contributed by atoms with Gasteiger partial charge in [-0.2, -0.15) is 0 Å². The lowest BCUT2D eigenvalue weighted by Crippen LogP contribution is -2.51. The molecule has 4 nitrogen and oxygen atoms in total. The maximum absolute atomic E-state index is 6.27. The first-order chi connectivity index (χ1) is 9.72. The van der Waals surface area contributed by atoms with Crippen LogP contribution >= 0.6 is 11.6 Å². The number of benzene rings is 1. The maximum Gasteiger partial charge on any atom is 0.145 e. The van der Waals surface area contributed by atoms with Gasteiger partial charge in [0.2, 0.25) is 0 Å². The van der Waals surface area contributed by atoms with E-state index >= 15 is 0 Å². The molecule has 2 fully saturated rings. The highest BCUT2D eigenvalue weighted by Crippen LogP contribution is 2.40. The van der Waals surface area contributed by atoms with Gasteiger partial charge in [-0.05, 0) is 24.8 Å². The summed E-state index contributed by atoms with van der Waals surface area (Å²) in [5.74, 6) is 2.32. The first-order valence-corrected chi connectivity index (χ1v) is 7.50. The number of piperazine rings is 1. The molecule has 0 amide bonds. The molecular formula is C15H21ClN2O2. The number of halogens is 1. The molecule has 1 heterocycles. The quantitative estimate of drug-likeness (QED) is 0.926. The summed E-state index contributed by atoms with van der Waals surface area (Å²) >= 11 is 6.27. The Kier molecular flexibility index (Phi) is 3.94. The molecule has 0 spiro atoms. The Hall–Kier alpha value is -1.13. The molecule has 1 saturated heterocycles. The Morgan fingerprint density at radius 2 is 1.95 bits per heavy atom. The number of hydrogen-bond donors (Lipinski definition) is 1. The van der Waals surface area contributed by atoms with Crippen molar-refractivity contribution in [3.05, 3.63) is 17.2 Å². The Bertz CT molecular complexity index is 491. The van der Waals surface area contributed by atoms with E-state index in [9.17, 15) is 0 Å². The second kappa shape index (κ2) is 5.70. The third kappa shape index (κ3) is 2.67. The first-order valence-electron chi connectivity index (χ1n) is 7.12. The lowest BCUT2D eigenvalue weighted by molar-refractivity contribution is 0.387. The van der Waals surface area contributed by atoms with Gasteiger partial charge in [0, 0.05) is 31.7 Å². The third-order valence-corrected chi connectivity index (χ3v) is 4.49. The molecule has 1 saturated carbocycles. The summed E-state index contributed by atoms with van der Waals surface area (Å²) in [6, 6.07) is 4.41. The van der Waals surface area contributed by atoms with E-state index in [2.05, 4.69) is 10.2 Å². The molecule has 110 valence electrons. The highest BCUT2D eigenvalue weighted by molar-refractivity contribution is 6.32. The molecule has 1 aromatic carbocycles. The predicted octanol–water partition coefficient (Wildman–Crippen LogP) is 2.55. The van der Waals surface area contributed by atoms with Crippen molar-refractivity contribution in [3.63, 3.8) is 0 Å². The summed E-state index contributed by atoms with van der Waals surface area (Å²) in [5, 5.41) is 4.24. The van der Waals surface area contributed by atoms with Gasteiger partial charge in [0.05, 0.1) is 24.9 Å². The van der Waals surface area contributed by atoms with E-state index in [-0.39, 0.29) is 0 Å². The van der Waals surface area contributed by atoms with Crippen LogP contribution in [0.2, 0.25) is 5.02 Å². The predicted molar refractivity (Wildman–Crippen MR) is 81.3 cm³/mol. The Morgan fingerprint density at radius 3 is 2.60 bits per heavy atom. The van der Waals surface area contributed by atoms with Crippen molar-refractivity contribution in [3.8, 4) is 11.5 Å². The van der Waals surface area contributed by atoms with E-state index in [1.165, 1.54) is 12.8 Å². The fourth-order valence-electron chi connectivity index (χ4n) is 2.90. The lowest BCUT2D eigenvalue weighted by atomic mass is 10.1. The van der Waals surface area contributed by atoms with Gasteiger partial charge >= 0.3 is 0 Å². The number of rotatable bonds is 4. The highest BCUT2D eigenvalue weighted by atomic mass is 35.5. The van der Waals surface area contributed by atoms with E-state index in [0.29, 0.717) is 16.8 Å². The standard InChI is InChI=1S/C15H21ClN2O2/c1-19-14-8-15(20-2)13(7-11(14)16)18-6-5-17-12(9-18)10-3-4-10/h7-8,10,12,17H,3-6,9H2,1-2H3. The van der Waals surface area contributed by atoms with E-state index in [4.69, 9.17) is 21.1 Å². The van der Waals surface area contributed by atoms with Crippen LogP contribution in [0.5, 0.6) is 11.5 Å². The minimum atomic E-state index is 0.592. The van der Waals surface area contributed by atoms with Gasteiger partial charge in [-0.25, -0.2) is 0 Å². The van der Waals surface area contributed by atoms with E-state index in [1.54, 1.807) is 14.2 Å². The largest absolute Gasteiger partial charge is 0.495 e.